The van der Waals surface area contributed by atoms with Crippen molar-refractivity contribution in [3.05, 3.63) is 63.2 Å². The van der Waals surface area contributed by atoms with Crippen LogP contribution in [-0.2, 0) is 6.42 Å². The largest absolute Gasteiger partial charge is 0.324 e. The maximum Gasteiger partial charge on any atom is 0.324 e. The molecule has 2 aromatic carbocycles. The van der Waals surface area contributed by atoms with E-state index in [1.807, 2.05) is 37.3 Å². The highest BCUT2D eigenvalue weighted by atomic mass is 127. The Hall–Kier alpha value is -0.500. The number of aryl methyl sites for hydroxylation is 1. The second-order valence-electron chi connectivity index (χ2n) is 4.64. The summed E-state index contributed by atoms with van der Waals surface area (Å²) in [5.74, 6) is -0.378. The van der Waals surface area contributed by atoms with E-state index in [0.29, 0.717) is 23.2 Å². The molecule has 0 saturated heterocycles. The summed E-state index contributed by atoms with van der Waals surface area (Å²) in [6.45, 7) is 2.00. The lowest BCUT2D eigenvalue weighted by Crippen LogP contribution is -2.28. The van der Waals surface area contributed by atoms with E-state index in [2.05, 4.69) is 22.6 Å². The van der Waals surface area contributed by atoms with Crippen LogP contribution < -0.4 is 4.31 Å². The normalized spacial score (nSPS) is 11.3. The average molecular weight is 484 g/mol. The number of anilines is 1. The van der Waals surface area contributed by atoms with Gasteiger partial charge in [-0.2, -0.15) is 4.39 Å². The topological polar surface area (TPSA) is 20.3 Å². The Morgan fingerprint density at radius 3 is 2.57 bits per heavy atom. The first-order valence-electron chi connectivity index (χ1n) is 6.75. The van der Waals surface area contributed by atoms with Gasteiger partial charge in [0.05, 0.1) is 11.3 Å². The van der Waals surface area contributed by atoms with Crippen LogP contribution in [-0.4, -0.2) is 9.83 Å². The Balaban J connectivity index is 2.45. The highest BCUT2D eigenvalue weighted by molar-refractivity contribution is 14.1. The predicted octanol–water partition coefficient (Wildman–Crippen LogP) is 6.21. The van der Waals surface area contributed by atoms with Crippen molar-refractivity contribution in [2.75, 3.05) is 4.31 Å². The fourth-order valence-electron chi connectivity index (χ4n) is 1.96. The van der Waals surface area contributed by atoms with E-state index in [0.717, 1.165) is 15.6 Å². The molecule has 122 valence electrons. The number of alkyl halides is 3. The molecule has 0 heterocycles. The number of hydrogen-bond acceptors (Lipinski definition) is 2. The number of rotatable bonds is 5. The van der Waals surface area contributed by atoms with Crippen molar-refractivity contribution in [1.29, 1.82) is 0 Å². The monoisotopic (exact) mass is 483 g/mol. The molecule has 0 N–H and O–H groups in total. The number of amides is 1. The van der Waals surface area contributed by atoms with Crippen molar-refractivity contribution in [2.45, 2.75) is 17.3 Å². The van der Waals surface area contributed by atoms with E-state index in [9.17, 15) is 9.18 Å². The minimum absolute atomic E-state index is 0.378. The fraction of sp³-hybridized carbons (Fsp3) is 0.188. The fourth-order valence-corrected chi connectivity index (χ4v) is 3.60. The third-order valence-electron chi connectivity index (χ3n) is 3.04. The van der Waals surface area contributed by atoms with Crippen LogP contribution in [0.1, 0.15) is 22.8 Å². The van der Waals surface area contributed by atoms with Gasteiger partial charge >= 0.3 is 3.92 Å². The Kier molecular flexibility index (Phi) is 6.59. The zero-order valence-corrected chi connectivity index (χ0v) is 16.6. The Bertz CT molecular complexity index is 708. The van der Waals surface area contributed by atoms with E-state index in [1.165, 1.54) is 4.31 Å². The number of halogens is 4. The van der Waals surface area contributed by atoms with E-state index in [4.69, 9.17) is 23.2 Å². The molecule has 7 heteroatoms. The Morgan fingerprint density at radius 2 is 1.96 bits per heavy atom. The summed E-state index contributed by atoms with van der Waals surface area (Å²) in [5, 5.41) is 0. The van der Waals surface area contributed by atoms with Gasteiger partial charge in [0, 0.05) is 15.5 Å². The number of nitrogens with zero attached hydrogens (tertiary/aromatic N) is 1. The zero-order valence-electron chi connectivity index (χ0n) is 12.1. The molecule has 0 aliphatic heterocycles. The Morgan fingerprint density at radius 1 is 1.26 bits per heavy atom. The standard InChI is InChI=1S/C16H13Cl2FINOS/c1-2-11-6-5-7-12(10-11)21(23-16(17,18)19)15(22)13-8-3-4-9-14(13)20/h3-10H,2H2,1H3. The van der Waals surface area contributed by atoms with Gasteiger partial charge in [-0.15, -0.1) is 0 Å². The molecular formula is C16H13Cl2FINOS. The highest BCUT2D eigenvalue weighted by Gasteiger charge is 2.32. The average Bonchev–Trinajstić information content (AvgIpc) is 2.51. The van der Waals surface area contributed by atoms with E-state index in [1.54, 1.807) is 18.2 Å². The molecule has 0 saturated carbocycles. The van der Waals surface area contributed by atoms with Gasteiger partial charge in [0.1, 0.15) is 0 Å². The smallest absolute Gasteiger partial charge is 0.268 e. The maximum absolute atomic E-state index is 13.8. The van der Waals surface area contributed by atoms with E-state index < -0.39 is 3.92 Å². The Labute approximate surface area is 162 Å². The van der Waals surface area contributed by atoms with Gasteiger partial charge in [-0.3, -0.25) is 4.79 Å². The summed E-state index contributed by atoms with van der Waals surface area (Å²) in [5.41, 5.74) is 2.01. The third-order valence-corrected chi connectivity index (χ3v) is 5.16. The molecule has 0 unspecified atom stereocenters. The molecule has 0 aliphatic carbocycles. The molecule has 0 aromatic heterocycles. The molecular weight excluding hydrogens is 471 g/mol. The van der Waals surface area contributed by atoms with Crippen LogP contribution in [0.25, 0.3) is 0 Å². The predicted molar refractivity (Wildman–Crippen MR) is 105 cm³/mol. The SMILES string of the molecule is CCc1cccc(N(SC(F)(Cl)Cl)C(=O)c2ccccc2I)c1. The van der Waals surface area contributed by atoms with Gasteiger partial charge in [-0.25, -0.2) is 4.31 Å². The lowest BCUT2D eigenvalue weighted by atomic mass is 10.1. The quantitative estimate of drug-likeness (QED) is 0.286. The molecule has 0 fully saturated rings. The first kappa shape index (κ1) is 18.8. The van der Waals surface area contributed by atoms with Crippen molar-refractivity contribution < 1.29 is 9.18 Å². The van der Waals surface area contributed by atoms with Gasteiger partial charge in [-0.1, -0.05) is 54.4 Å². The molecule has 2 rings (SSSR count). The lowest BCUT2D eigenvalue weighted by Gasteiger charge is -2.24. The third kappa shape index (κ3) is 5.24. The van der Waals surface area contributed by atoms with E-state index >= 15 is 0 Å². The van der Waals surface area contributed by atoms with Crippen molar-refractivity contribution >= 4 is 69.3 Å². The summed E-state index contributed by atoms with van der Waals surface area (Å²) in [6.07, 6.45) is 0.798. The van der Waals surface area contributed by atoms with Crippen LogP contribution in [0.2, 0.25) is 0 Å². The number of carbonyl (C=O) groups excluding carboxylic acids is 1. The summed E-state index contributed by atoms with van der Waals surface area (Å²) in [4.78, 5) is 12.9. The molecule has 0 bridgehead atoms. The molecule has 0 atom stereocenters. The van der Waals surface area contributed by atoms with Gasteiger partial charge in [0.25, 0.3) is 5.91 Å². The van der Waals surface area contributed by atoms with Crippen molar-refractivity contribution in [3.8, 4) is 0 Å². The highest BCUT2D eigenvalue weighted by Crippen LogP contribution is 2.42. The molecule has 0 radical (unpaired) electrons. The minimum Gasteiger partial charge on any atom is -0.268 e. The summed E-state index contributed by atoms with van der Waals surface area (Å²) in [7, 11) is 0. The van der Waals surface area contributed by atoms with Crippen LogP contribution in [0.4, 0.5) is 10.1 Å². The van der Waals surface area contributed by atoms with Gasteiger partial charge in [-0.05, 0) is 58.8 Å². The molecule has 0 aliphatic rings. The van der Waals surface area contributed by atoms with Crippen molar-refractivity contribution in [2.24, 2.45) is 0 Å². The summed E-state index contributed by atoms with van der Waals surface area (Å²) >= 11 is 13.5. The second-order valence-corrected chi connectivity index (χ2v) is 8.60. The number of benzene rings is 2. The van der Waals surface area contributed by atoms with Gasteiger partial charge in [0.2, 0.25) is 0 Å². The van der Waals surface area contributed by atoms with Gasteiger partial charge in [0.15, 0.2) is 0 Å². The lowest BCUT2D eigenvalue weighted by molar-refractivity contribution is 0.101. The summed E-state index contributed by atoms with van der Waals surface area (Å²) < 4.78 is 13.1. The number of carbonyl (C=O) groups is 1. The maximum atomic E-state index is 13.8. The molecule has 1 amide bonds. The van der Waals surface area contributed by atoms with Crippen molar-refractivity contribution in [3.63, 3.8) is 0 Å². The first-order valence-corrected chi connectivity index (χ1v) is 9.36. The summed E-state index contributed by atoms with van der Waals surface area (Å²) in [6, 6.07) is 14.4. The van der Waals surface area contributed by atoms with Crippen LogP contribution in [0, 0.1) is 3.57 Å². The van der Waals surface area contributed by atoms with Crippen LogP contribution in [0.3, 0.4) is 0 Å². The molecule has 23 heavy (non-hydrogen) atoms. The molecule has 2 nitrogen and oxygen atoms in total. The zero-order chi connectivity index (χ0) is 17.0. The van der Waals surface area contributed by atoms with Gasteiger partial charge < -0.3 is 0 Å². The van der Waals surface area contributed by atoms with Crippen LogP contribution >= 0.6 is 57.7 Å². The minimum atomic E-state index is -2.61. The van der Waals surface area contributed by atoms with Crippen LogP contribution in [0.5, 0.6) is 0 Å². The first-order chi connectivity index (χ1) is 10.8. The van der Waals surface area contributed by atoms with Crippen LogP contribution in [0.15, 0.2) is 48.5 Å². The second kappa shape index (κ2) is 8.05. The molecule has 2 aromatic rings. The number of hydrogen-bond donors (Lipinski definition) is 0. The van der Waals surface area contributed by atoms with Crippen molar-refractivity contribution in [1.82, 2.24) is 0 Å². The molecule has 0 spiro atoms. The van der Waals surface area contributed by atoms with E-state index in [-0.39, 0.29) is 5.91 Å².